The van der Waals surface area contributed by atoms with Gasteiger partial charge in [-0.3, -0.25) is 14.4 Å². The summed E-state index contributed by atoms with van der Waals surface area (Å²) in [6, 6.07) is 9.92. The summed E-state index contributed by atoms with van der Waals surface area (Å²) in [5.41, 5.74) is 2.17. The van der Waals surface area contributed by atoms with Gasteiger partial charge in [0.15, 0.2) is 0 Å². The molecule has 0 aromatic heterocycles. The Morgan fingerprint density at radius 2 is 1.25 bits per heavy atom. The first-order chi connectivity index (χ1) is 11.3. The lowest BCUT2D eigenvalue weighted by molar-refractivity contribution is -0.132. The lowest BCUT2D eigenvalue weighted by atomic mass is 9.99. The second-order valence-corrected chi connectivity index (χ2v) is 5.52. The van der Waals surface area contributed by atoms with Crippen LogP contribution in [0.25, 0.3) is 0 Å². The molecule has 0 spiro atoms. The molecule has 2 rings (SSSR count). The fraction of sp³-hybridized carbons (Fsp3) is 0.211. The van der Waals surface area contributed by atoms with E-state index in [0.29, 0.717) is 0 Å². The van der Waals surface area contributed by atoms with Gasteiger partial charge in [-0.25, -0.2) is 0 Å². The van der Waals surface area contributed by atoms with Gasteiger partial charge < -0.3 is 9.47 Å². The van der Waals surface area contributed by atoms with Gasteiger partial charge in [0.1, 0.15) is 11.5 Å². The largest absolute Gasteiger partial charge is 0.426 e. The van der Waals surface area contributed by atoms with E-state index < -0.39 is 11.9 Å². The van der Waals surface area contributed by atoms with Crippen molar-refractivity contribution < 1.29 is 23.9 Å². The SMILES string of the molecule is CC(=O)Oc1cc(C)ccc1C(=O)c1cc(C)ccc1OC(C)=O. The lowest BCUT2D eigenvalue weighted by Gasteiger charge is -2.12. The molecule has 5 heteroatoms. The van der Waals surface area contributed by atoms with E-state index in [2.05, 4.69) is 0 Å². The minimum absolute atomic E-state index is 0.174. The van der Waals surface area contributed by atoms with Crippen LogP contribution >= 0.6 is 0 Å². The molecule has 0 radical (unpaired) electrons. The Kier molecular flexibility index (Phi) is 5.14. The standard InChI is InChI=1S/C19H18O5/c1-11-6-8-17(23-13(3)20)16(9-11)19(22)15-7-5-12(2)10-18(15)24-14(4)21/h5-10H,1-4H3. The van der Waals surface area contributed by atoms with Crippen LogP contribution in [0.3, 0.4) is 0 Å². The Morgan fingerprint density at radius 1 is 0.708 bits per heavy atom. The molecule has 0 atom stereocenters. The highest BCUT2D eigenvalue weighted by atomic mass is 16.5. The third kappa shape index (κ3) is 4.07. The highest BCUT2D eigenvalue weighted by Gasteiger charge is 2.21. The Morgan fingerprint density at radius 3 is 1.88 bits per heavy atom. The molecule has 0 fully saturated rings. The zero-order chi connectivity index (χ0) is 17.9. The van der Waals surface area contributed by atoms with Crippen molar-refractivity contribution in [1.29, 1.82) is 0 Å². The van der Waals surface area contributed by atoms with Gasteiger partial charge in [0.25, 0.3) is 0 Å². The quantitative estimate of drug-likeness (QED) is 0.489. The van der Waals surface area contributed by atoms with Crippen LogP contribution in [0.1, 0.15) is 40.9 Å². The molecule has 0 bridgehead atoms. The smallest absolute Gasteiger partial charge is 0.308 e. The minimum Gasteiger partial charge on any atom is -0.426 e. The van der Waals surface area contributed by atoms with E-state index >= 15 is 0 Å². The predicted octanol–water partition coefficient (Wildman–Crippen LogP) is 3.39. The average molecular weight is 326 g/mol. The molecule has 0 aliphatic rings. The molecule has 0 saturated heterocycles. The molecule has 0 N–H and O–H groups in total. The van der Waals surface area contributed by atoms with E-state index in [-0.39, 0.29) is 28.4 Å². The molecule has 0 aliphatic carbocycles. The normalized spacial score (nSPS) is 10.2. The van der Waals surface area contributed by atoms with Crippen LogP contribution in [0.2, 0.25) is 0 Å². The van der Waals surface area contributed by atoms with E-state index in [1.54, 1.807) is 36.4 Å². The minimum atomic E-state index is -0.517. The number of esters is 2. The number of carbonyl (C=O) groups is 3. The van der Waals surface area contributed by atoms with Crippen LogP contribution in [0.5, 0.6) is 11.5 Å². The number of hydrogen-bond acceptors (Lipinski definition) is 5. The van der Waals surface area contributed by atoms with Gasteiger partial charge in [0.05, 0.1) is 11.1 Å². The van der Waals surface area contributed by atoms with Crippen LogP contribution in [-0.2, 0) is 9.59 Å². The summed E-state index contributed by atoms with van der Waals surface area (Å²) in [6.45, 7) is 6.20. The lowest BCUT2D eigenvalue weighted by Crippen LogP contribution is -2.12. The Bertz CT molecular complexity index is 821. The third-order valence-electron chi connectivity index (χ3n) is 3.27. The summed E-state index contributed by atoms with van der Waals surface area (Å²) < 4.78 is 10.3. The van der Waals surface area contributed by atoms with Crippen molar-refractivity contribution in [2.45, 2.75) is 27.7 Å². The maximum atomic E-state index is 12.9. The maximum Gasteiger partial charge on any atom is 0.308 e. The zero-order valence-corrected chi connectivity index (χ0v) is 14.0. The molecule has 0 unspecified atom stereocenters. The van der Waals surface area contributed by atoms with Crippen molar-refractivity contribution in [1.82, 2.24) is 0 Å². The van der Waals surface area contributed by atoms with Crippen molar-refractivity contribution in [3.8, 4) is 11.5 Å². The number of aryl methyl sites for hydroxylation is 2. The van der Waals surface area contributed by atoms with E-state index in [0.717, 1.165) is 11.1 Å². The number of ether oxygens (including phenoxy) is 2. The maximum absolute atomic E-state index is 12.9. The molecule has 2 aromatic carbocycles. The van der Waals surface area contributed by atoms with Gasteiger partial charge in [-0.05, 0) is 43.7 Å². The Balaban J connectivity index is 2.55. The summed E-state index contributed by atoms with van der Waals surface area (Å²) in [6.07, 6.45) is 0. The summed E-state index contributed by atoms with van der Waals surface area (Å²) in [7, 11) is 0. The fourth-order valence-electron chi connectivity index (χ4n) is 2.27. The van der Waals surface area contributed by atoms with Crippen molar-refractivity contribution in [3.63, 3.8) is 0 Å². The van der Waals surface area contributed by atoms with Crippen LogP contribution < -0.4 is 9.47 Å². The van der Waals surface area contributed by atoms with Crippen LogP contribution in [0.15, 0.2) is 36.4 Å². The number of hydrogen-bond donors (Lipinski definition) is 0. The van der Waals surface area contributed by atoms with Crippen molar-refractivity contribution in [2.75, 3.05) is 0 Å². The van der Waals surface area contributed by atoms with E-state index in [9.17, 15) is 14.4 Å². The monoisotopic (exact) mass is 326 g/mol. The van der Waals surface area contributed by atoms with Gasteiger partial charge in [0, 0.05) is 13.8 Å². The second kappa shape index (κ2) is 7.08. The van der Waals surface area contributed by atoms with Gasteiger partial charge >= 0.3 is 11.9 Å². The Labute approximate surface area is 140 Å². The summed E-state index contributed by atoms with van der Waals surface area (Å²) >= 11 is 0. The molecular weight excluding hydrogens is 308 g/mol. The first kappa shape index (κ1) is 17.4. The first-order valence-electron chi connectivity index (χ1n) is 7.40. The topological polar surface area (TPSA) is 69.7 Å². The Hall–Kier alpha value is -2.95. The zero-order valence-electron chi connectivity index (χ0n) is 14.0. The molecule has 124 valence electrons. The van der Waals surface area contributed by atoms with Crippen LogP contribution in [0.4, 0.5) is 0 Å². The molecule has 5 nitrogen and oxygen atoms in total. The summed E-state index contributed by atoms with van der Waals surface area (Å²) in [5, 5.41) is 0. The molecule has 0 heterocycles. The van der Waals surface area contributed by atoms with Gasteiger partial charge in [-0.15, -0.1) is 0 Å². The fourth-order valence-corrected chi connectivity index (χ4v) is 2.27. The molecular formula is C19H18O5. The number of ketones is 1. The van der Waals surface area contributed by atoms with Crippen LogP contribution in [0, 0.1) is 13.8 Å². The molecule has 24 heavy (non-hydrogen) atoms. The number of rotatable bonds is 4. The highest BCUT2D eigenvalue weighted by molar-refractivity contribution is 6.13. The van der Waals surface area contributed by atoms with E-state index in [1.165, 1.54) is 13.8 Å². The van der Waals surface area contributed by atoms with Gasteiger partial charge in [-0.2, -0.15) is 0 Å². The van der Waals surface area contributed by atoms with Crippen LogP contribution in [-0.4, -0.2) is 17.7 Å². The molecule has 0 amide bonds. The van der Waals surface area contributed by atoms with Gasteiger partial charge in [-0.1, -0.05) is 17.7 Å². The predicted molar refractivity (Wildman–Crippen MR) is 88.4 cm³/mol. The second-order valence-electron chi connectivity index (χ2n) is 5.52. The van der Waals surface area contributed by atoms with Crippen molar-refractivity contribution in [3.05, 3.63) is 58.7 Å². The summed E-state index contributed by atoms with van der Waals surface area (Å²) in [4.78, 5) is 35.5. The van der Waals surface area contributed by atoms with Crippen molar-refractivity contribution >= 4 is 17.7 Å². The number of benzene rings is 2. The molecule has 2 aromatic rings. The molecule has 0 saturated carbocycles. The highest BCUT2D eigenvalue weighted by Crippen LogP contribution is 2.28. The average Bonchev–Trinajstić information content (AvgIpc) is 2.47. The number of carbonyl (C=O) groups excluding carboxylic acids is 3. The molecule has 0 aliphatic heterocycles. The summed E-state index contributed by atoms with van der Waals surface area (Å²) in [5.74, 6) is -1.06. The van der Waals surface area contributed by atoms with Gasteiger partial charge in [0.2, 0.25) is 5.78 Å². The van der Waals surface area contributed by atoms with Crippen molar-refractivity contribution in [2.24, 2.45) is 0 Å². The first-order valence-corrected chi connectivity index (χ1v) is 7.40. The third-order valence-corrected chi connectivity index (χ3v) is 3.27. The van der Waals surface area contributed by atoms with E-state index in [4.69, 9.17) is 9.47 Å². The van der Waals surface area contributed by atoms with E-state index in [1.807, 2.05) is 13.8 Å².